The molecule has 2 aromatic rings. The summed E-state index contributed by atoms with van der Waals surface area (Å²) < 4.78 is 12.9. The number of amides is 2. The molecular formula is C21H25FN2O2S. The van der Waals surface area contributed by atoms with Crippen molar-refractivity contribution in [1.29, 1.82) is 0 Å². The van der Waals surface area contributed by atoms with Gasteiger partial charge in [0.05, 0.1) is 12.3 Å². The van der Waals surface area contributed by atoms with Crippen LogP contribution in [0.1, 0.15) is 23.6 Å². The summed E-state index contributed by atoms with van der Waals surface area (Å²) in [4.78, 5) is 27.2. The summed E-state index contributed by atoms with van der Waals surface area (Å²) in [6.45, 7) is 6.69. The Morgan fingerprint density at radius 1 is 1.11 bits per heavy atom. The Bertz CT molecular complexity index is 793. The van der Waals surface area contributed by atoms with E-state index in [2.05, 4.69) is 11.4 Å². The van der Waals surface area contributed by atoms with Crippen molar-refractivity contribution >= 4 is 23.6 Å². The molecule has 0 saturated heterocycles. The lowest BCUT2D eigenvalue weighted by atomic mass is 10.2. The number of carbonyl (C=O) groups is 2. The molecule has 0 atom stereocenters. The highest BCUT2D eigenvalue weighted by Crippen LogP contribution is 2.23. The van der Waals surface area contributed by atoms with Gasteiger partial charge in [0.25, 0.3) is 0 Å². The predicted molar refractivity (Wildman–Crippen MR) is 107 cm³/mol. The monoisotopic (exact) mass is 388 g/mol. The molecule has 0 saturated carbocycles. The SMILES string of the molecule is CCN(CC(=O)NCc1ccc(F)cc1)C(=O)CSc1cc(C)ccc1C. The maximum atomic E-state index is 12.9. The van der Waals surface area contributed by atoms with Gasteiger partial charge in [-0.1, -0.05) is 29.8 Å². The lowest BCUT2D eigenvalue weighted by molar-refractivity contribution is -0.133. The first-order valence-electron chi connectivity index (χ1n) is 8.88. The van der Waals surface area contributed by atoms with Crippen molar-refractivity contribution in [2.75, 3.05) is 18.8 Å². The van der Waals surface area contributed by atoms with Crippen LogP contribution in [0.4, 0.5) is 4.39 Å². The quantitative estimate of drug-likeness (QED) is 0.702. The molecule has 0 aliphatic rings. The van der Waals surface area contributed by atoms with E-state index in [0.29, 0.717) is 18.8 Å². The van der Waals surface area contributed by atoms with Crippen molar-refractivity contribution in [1.82, 2.24) is 10.2 Å². The molecule has 2 aromatic carbocycles. The Labute approximate surface area is 164 Å². The van der Waals surface area contributed by atoms with Gasteiger partial charge in [-0.2, -0.15) is 0 Å². The molecule has 0 aliphatic carbocycles. The first kappa shape index (κ1) is 21.0. The van der Waals surface area contributed by atoms with E-state index in [0.717, 1.165) is 21.6 Å². The minimum atomic E-state index is -0.311. The summed E-state index contributed by atoms with van der Waals surface area (Å²) >= 11 is 1.49. The molecule has 2 rings (SSSR count). The number of nitrogens with zero attached hydrogens (tertiary/aromatic N) is 1. The highest BCUT2D eigenvalue weighted by atomic mass is 32.2. The van der Waals surface area contributed by atoms with Gasteiger partial charge in [-0.3, -0.25) is 9.59 Å². The Morgan fingerprint density at radius 2 is 1.81 bits per heavy atom. The summed E-state index contributed by atoms with van der Waals surface area (Å²) in [5.74, 6) is -0.315. The van der Waals surface area contributed by atoms with Gasteiger partial charge in [0.1, 0.15) is 5.82 Å². The smallest absolute Gasteiger partial charge is 0.239 e. The number of hydrogen-bond acceptors (Lipinski definition) is 3. The Balaban J connectivity index is 1.83. The molecule has 0 fully saturated rings. The van der Waals surface area contributed by atoms with Crippen molar-refractivity contribution in [2.24, 2.45) is 0 Å². The Morgan fingerprint density at radius 3 is 2.48 bits per heavy atom. The van der Waals surface area contributed by atoms with Gasteiger partial charge in [-0.25, -0.2) is 4.39 Å². The molecule has 0 aliphatic heterocycles. The second-order valence-electron chi connectivity index (χ2n) is 6.37. The lowest BCUT2D eigenvalue weighted by Crippen LogP contribution is -2.41. The van der Waals surface area contributed by atoms with Gasteiger partial charge in [0, 0.05) is 18.0 Å². The second kappa shape index (κ2) is 10.1. The van der Waals surface area contributed by atoms with Crippen molar-refractivity contribution in [3.63, 3.8) is 0 Å². The molecule has 0 bridgehead atoms. The van der Waals surface area contributed by atoms with E-state index in [-0.39, 0.29) is 24.2 Å². The summed E-state index contributed by atoms with van der Waals surface area (Å²) in [6, 6.07) is 12.1. The predicted octanol–water partition coefficient (Wildman–Crippen LogP) is 3.70. The highest BCUT2D eigenvalue weighted by Gasteiger charge is 2.16. The van der Waals surface area contributed by atoms with Gasteiger partial charge in [-0.05, 0) is 50.1 Å². The highest BCUT2D eigenvalue weighted by molar-refractivity contribution is 8.00. The fraction of sp³-hybridized carbons (Fsp3) is 0.333. The first-order valence-corrected chi connectivity index (χ1v) is 9.86. The van der Waals surface area contributed by atoms with E-state index < -0.39 is 0 Å². The third-order valence-electron chi connectivity index (χ3n) is 4.17. The number of benzene rings is 2. The molecule has 2 amide bonds. The van der Waals surface area contributed by atoms with Crippen LogP contribution in [-0.2, 0) is 16.1 Å². The fourth-order valence-corrected chi connectivity index (χ4v) is 3.53. The summed E-state index contributed by atoms with van der Waals surface area (Å²) in [6.07, 6.45) is 0. The molecule has 27 heavy (non-hydrogen) atoms. The van der Waals surface area contributed by atoms with Gasteiger partial charge < -0.3 is 10.2 Å². The molecule has 1 N–H and O–H groups in total. The molecule has 6 heteroatoms. The van der Waals surface area contributed by atoms with Crippen LogP contribution in [0.5, 0.6) is 0 Å². The maximum absolute atomic E-state index is 12.9. The number of carbonyl (C=O) groups excluding carboxylic acids is 2. The molecule has 0 heterocycles. The van der Waals surface area contributed by atoms with Crippen molar-refractivity contribution in [3.05, 3.63) is 65.0 Å². The molecule has 0 unspecified atom stereocenters. The van der Waals surface area contributed by atoms with Crippen LogP contribution < -0.4 is 5.32 Å². The Kier molecular flexibility index (Phi) is 7.85. The fourth-order valence-electron chi connectivity index (χ4n) is 2.50. The molecule has 144 valence electrons. The molecular weight excluding hydrogens is 363 g/mol. The minimum absolute atomic E-state index is 0.0177. The first-order chi connectivity index (χ1) is 12.9. The van der Waals surface area contributed by atoms with Crippen LogP contribution in [0, 0.1) is 19.7 Å². The molecule has 0 spiro atoms. The van der Waals surface area contributed by atoms with Crippen LogP contribution in [0.25, 0.3) is 0 Å². The Hall–Kier alpha value is -2.34. The average molecular weight is 389 g/mol. The number of likely N-dealkylation sites (N-methyl/N-ethyl adjacent to an activating group) is 1. The number of halogens is 1. The number of thioether (sulfide) groups is 1. The second-order valence-corrected chi connectivity index (χ2v) is 7.39. The average Bonchev–Trinajstić information content (AvgIpc) is 2.66. The van der Waals surface area contributed by atoms with Crippen LogP contribution in [-0.4, -0.2) is 35.6 Å². The van der Waals surface area contributed by atoms with Crippen molar-refractivity contribution < 1.29 is 14.0 Å². The van der Waals surface area contributed by atoms with Crippen molar-refractivity contribution in [3.8, 4) is 0 Å². The van der Waals surface area contributed by atoms with E-state index in [4.69, 9.17) is 0 Å². The van der Waals surface area contributed by atoms with Gasteiger partial charge >= 0.3 is 0 Å². The maximum Gasteiger partial charge on any atom is 0.239 e. The molecule has 0 aromatic heterocycles. The number of hydrogen-bond donors (Lipinski definition) is 1. The van der Waals surface area contributed by atoms with Crippen molar-refractivity contribution in [2.45, 2.75) is 32.2 Å². The zero-order valence-electron chi connectivity index (χ0n) is 15.9. The summed E-state index contributed by atoms with van der Waals surface area (Å²) in [7, 11) is 0. The van der Waals surface area contributed by atoms with E-state index in [1.807, 2.05) is 32.9 Å². The van der Waals surface area contributed by atoms with Gasteiger partial charge in [0.2, 0.25) is 11.8 Å². The van der Waals surface area contributed by atoms with E-state index in [1.54, 1.807) is 12.1 Å². The van der Waals surface area contributed by atoms with E-state index >= 15 is 0 Å². The summed E-state index contributed by atoms with van der Waals surface area (Å²) in [5.41, 5.74) is 3.10. The zero-order valence-corrected chi connectivity index (χ0v) is 16.7. The van der Waals surface area contributed by atoms with E-state index in [9.17, 15) is 14.0 Å². The van der Waals surface area contributed by atoms with Crippen LogP contribution >= 0.6 is 11.8 Å². The standard InChI is InChI=1S/C21H25FN2O2S/c1-4-24(13-20(25)23-12-17-7-9-18(22)10-8-17)21(26)14-27-19-11-15(2)5-6-16(19)3/h5-11H,4,12-14H2,1-3H3,(H,23,25). The summed E-state index contributed by atoms with van der Waals surface area (Å²) in [5, 5.41) is 2.77. The third kappa shape index (κ3) is 6.71. The molecule has 4 nitrogen and oxygen atoms in total. The minimum Gasteiger partial charge on any atom is -0.350 e. The normalized spacial score (nSPS) is 10.5. The number of rotatable bonds is 8. The molecule has 0 radical (unpaired) electrons. The zero-order chi connectivity index (χ0) is 19.8. The number of aryl methyl sites for hydroxylation is 2. The van der Waals surface area contributed by atoms with Crippen LogP contribution in [0.2, 0.25) is 0 Å². The van der Waals surface area contributed by atoms with Gasteiger partial charge in [-0.15, -0.1) is 11.8 Å². The largest absolute Gasteiger partial charge is 0.350 e. The number of nitrogens with one attached hydrogen (secondary N) is 1. The van der Waals surface area contributed by atoms with Crippen LogP contribution in [0.3, 0.4) is 0 Å². The van der Waals surface area contributed by atoms with E-state index in [1.165, 1.54) is 28.8 Å². The topological polar surface area (TPSA) is 49.4 Å². The van der Waals surface area contributed by atoms with Crippen LogP contribution in [0.15, 0.2) is 47.4 Å². The lowest BCUT2D eigenvalue weighted by Gasteiger charge is -2.20. The van der Waals surface area contributed by atoms with Gasteiger partial charge in [0.15, 0.2) is 0 Å². The third-order valence-corrected chi connectivity index (χ3v) is 5.31.